The number of amides is 1. The lowest BCUT2D eigenvalue weighted by Gasteiger charge is -2.25. The highest BCUT2D eigenvalue weighted by atomic mass is 16.5. The third kappa shape index (κ3) is 2.34. The molecule has 1 aliphatic heterocycles. The Kier molecular flexibility index (Phi) is 3.87. The van der Waals surface area contributed by atoms with Crippen LogP contribution < -0.4 is 15.0 Å². The van der Waals surface area contributed by atoms with Gasteiger partial charge in [0.1, 0.15) is 5.75 Å². The van der Waals surface area contributed by atoms with Gasteiger partial charge < -0.3 is 15.0 Å². The van der Waals surface area contributed by atoms with Crippen LogP contribution in [0.3, 0.4) is 0 Å². The molecule has 4 nitrogen and oxygen atoms in total. The quantitative estimate of drug-likeness (QED) is 0.881. The third-order valence-electron chi connectivity index (χ3n) is 3.59. The SMILES string of the molecule is CNCC1CC(=O)N(c2cccc(OC)c2)C1C. The summed E-state index contributed by atoms with van der Waals surface area (Å²) in [6.07, 6.45) is 0.610. The summed E-state index contributed by atoms with van der Waals surface area (Å²) in [5, 5.41) is 3.15. The largest absolute Gasteiger partial charge is 0.497 e. The predicted octanol–water partition coefficient (Wildman–Crippen LogP) is 1.66. The highest BCUT2D eigenvalue weighted by Gasteiger charge is 2.37. The zero-order valence-electron chi connectivity index (χ0n) is 11.1. The number of hydrogen-bond donors (Lipinski definition) is 1. The Morgan fingerprint density at radius 3 is 2.94 bits per heavy atom. The summed E-state index contributed by atoms with van der Waals surface area (Å²) < 4.78 is 5.21. The molecule has 2 rings (SSSR count). The number of rotatable bonds is 4. The van der Waals surface area contributed by atoms with Gasteiger partial charge in [-0.1, -0.05) is 6.07 Å². The zero-order chi connectivity index (χ0) is 13.1. The fourth-order valence-corrected chi connectivity index (χ4v) is 2.58. The smallest absolute Gasteiger partial charge is 0.227 e. The predicted molar refractivity (Wildman–Crippen MR) is 72.0 cm³/mol. The summed E-state index contributed by atoms with van der Waals surface area (Å²) in [4.78, 5) is 14.0. The van der Waals surface area contributed by atoms with Crippen molar-refractivity contribution in [2.75, 3.05) is 25.6 Å². The number of nitrogens with one attached hydrogen (secondary N) is 1. The minimum atomic E-state index is 0.191. The van der Waals surface area contributed by atoms with Crippen LogP contribution in [0.4, 0.5) is 5.69 Å². The van der Waals surface area contributed by atoms with E-state index in [4.69, 9.17) is 4.74 Å². The molecule has 98 valence electrons. The highest BCUT2D eigenvalue weighted by Crippen LogP contribution is 2.32. The second-order valence-corrected chi connectivity index (χ2v) is 4.73. The number of hydrogen-bond acceptors (Lipinski definition) is 3. The number of anilines is 1. The molecule has 18 heavy (non-hydrogen) atoms. The second-order valence-electron chi connectivity index (χ2n) is 4.73. The van der Waals surface area contributed by atoms with Gasteiger partial charge in [0.05, 0.1) is 7.11 Å². The third-order valence-corrected chi connectivity index (χ3v) is 3.59. The van der Waals surface area contributed by atoms with Gasteiger partial charge in [-0.3, -0.25) is 4.79 Å². The molecule has 1 aromatic carbocycles. The van der Waals surface area contributed by atoms with Crippen molar-refractivity contribution in [2.24, 2.45) is 5.92 Å². The molecule has 1 N–H and O–H groups in total. The molecular weight excluding hydrogens is 228 g/mol. The van der Waals surface area contributed by atoms with Crippen LogP contribution in [-0.4, -0.2) is 32.7 Å². The molecule has 0 aliphatic carbocycles. The van der Waals surface area contributed by atoms with E-state index in [1.807, 2.05) is 36.2 Å². The van der Waals surface area contributed by atoms with E-state index in [2.05, 4.69) is 12.2 Å². The van der Waals surface area contributed by atoms with Crippen molar-refractivity contribution in [3.8, 4) is 5.75 Å². The van der Waals surface area contributed by atoms with E-state index in [9.17, 15) is 4.79 Å². The van der Waals surface area contributed by atoms with Gasteiger partial charge in [-0.2, -0.15) is 0 Å². The number of ether oxygens (including phenoxy) is 1. The topological polar surface area (TPSA) is 41.6 Å². The standard InChI is InChI=1S/C14H20N2O2/c1-10-11(9-15-2)7-14(17)16(10)12-5-4-6-13(8-12)18-3/h4-6,8,10-11,15H,7,9H2,1-3H3. The lowest BCUT2D eigenvalue weighted by molar-refractivity contribution is -0.117. The summed E-state index contributed by atoms with van der Waals surface area (Å²) in [6, 6.07) is 7.89. The maximum absolute atomic E-state index is 12.1. The minimum absolute atomic E-state index is 0.191. The Hall–Kier alpha value is -1.55. The van der Waals surface area contributed by atoms with Crippen LogP contribution in [0.2, 0.25) is 0 Å². The number of benzene rings is 1. The molecule has 0 radical (unpaired) electrons. The molecule has 1 saturated heterocycles. The van der Waals surface area contributed by atoms with Crippen LogP contribution in [0, 0.1) is 5.92 Å². The van der Waals surface area contributed by atoms with Crippen LogP contribution in [-0.2, 0) is 4.79 Å². The summed E-state index contributed by atoms with van der Waals surface area (Å²) in [5.74, 6) is 1.34. The van der Waals surface area contributed by atoms with Crippen molar-refractivity contribution in [2.45, 2.75) is 19.4 Å². The molecule has 1 heterocycles. The van der Waals surface area contributed by atoms with Gasteiger partial charge in [-0.25, -0.2) is 0 Å². The van der Waals surface area contributed by atoms with Gasteiger partial charge in [0.15, 0.2) is 0 Å². The van der Waals surface area contributed by atoms with E-state index < -0.39 is 0 Å². The Bertz CT molecular complexity index is 434. The first-order chi connectivity index (χ1) is 8.67. The van der Waals surface area contributed by atoms with Crippen molar-refractivity contribution in [3.63, 3.8) is 0 Å². The summed E-state index contributed by atoms with van der Waals surface area (Å²) >= 11 is 0. The normalized spacial score (nSPS) is 23.5. The summed E-state index contributed by atoms with van der Waals surface area (Å²) in [6.45, 7) is 2.97. The van der Waals surface area contributed by atoms with E-state index in [-0.39, 0.29) is 11.9 Å². The Labute approximate surface area is 108 Å². The summed E-state index contributed by atoms with van der Waals surface area (Å²) in [5.41, 5.74) is 0.922. The van der Waals surface area contributed by atoms with Crippen molar-refractivity contribution in [3.05, 3.63) is 24.3 Å². The van der Waals surface area contributed by atoms with Crippen molar-refractivity contribution >= 4 is 11.6 Å². The fourth-order valence-electron chi connectivity index (χ4n) is 2.58. The molecule has 0 aromatic heterocycles. The summed E-state index contributed by atoms with van der Waals surface area (Å²) in [7, 11) is 3.56. The van der Waals surface area contributed by atoms with Crippen LogP contribution in [0.5, 0.6) is 5.75 Å². The second kappa shape index (κ2) is 5.40. The maximum Gasteiger partial charge on any atom is 0.227 e. The van der Waals surface area contributed by atoms with Gasteiger partial charge in [-0.15, -0.1) is 0 Å². The molecule has 1 fully saturated rings. The first-order valence-corrected chi connectivity index (χ1v) is 6.28. The maximum atomic E-state index is 12.1. The molecule has 0 spiro atoms. The molecule has 2 atom stereocenters. The Balaban J connectivity index is 2.24. The van der Waals surface area contributed by atoms with Crippen LogP contribution in [0.25, 0.3) is 0 Å². The van der Waals surface area contributed by atoms with Crippen LogP contribution in [0.15, 0.2) is 24.3 Å². The zero-order valence-corrected chi connectivity index (χ0v) is 11.1. The monoisotopic (exact) mass is 248 g/mol. The Morgan fingerprint density at radius 2 is 2.28 bits per heavy atom. The average Bonchev–Trinajstić information content (AvgIpc) is 2.65. The molecule has 4 heteroatoms. The van der Waals surface area contributed by atoms with Gasteiger partial charge in [0.25, 0.3) is 0 Å². The first-order valence-electron chi connectivity index (χ1n) is 6.28. The molecule has 1 aliphatic rings. The number of methoxy groups -OCH3 is 1. The Morgan fingerprint density at radius 1 is 1.50 bits per heavy atom. The van der Waals surface area contributed by atoms with Crippen molar-refractivity contribution in [1.29, 1.82) is 0 Å². The molecule has 1 aromatic rings. The molecule has 0 bridgehead atoms. The molecular formula is C14H20N2O2. The van der Waals surface area contributed by atoms with Gasteiger partial charge in [0, 0.05) is 36.7 Å². The van der Waals surface area contributed by atoms with Crippen molar-refractivity contribution < 1.29 is 9.53 Å². The van der Waals surface area contributed by atoms with Crippen LogP contribution >= 0.6 is 0 Å². The van der Waals surface area contributed by atoms with Crippen molar-refractivity contribution in [1.82, 2.24) is 5.32 Å². The van der Waals surface area contributed by atoms with E-state index in [1.165, 1.54) is 0 Å². The van der Waals surface area contributed by atoms with E-state index in [0.29, 0.717) is 12.3 Å². The molecule has 0 saturated carbocycles. The molecule has 2 unspecified atom stereocenters. The average molecular weight is 248 g/mol. The van der Waals surface area contributed by atoms with E-state index in [1.54, 1.807) is 7.11 Å². The first kappa shape index (κ1) is 12.9. The molecule has 1 amide bonds. The minimum Gasteiger partial charge on any atom is -0.497 e. The fraction of sp³-hybridized carbons (Fsp3) is 0.500. The van der Waals surface area contributed by atoms with Gasteiger partial charge >= 0.3 is 0 Å². The number of carbonyl (C=O) groups excluding carboxylic acids is 1. The number of carbonyl (C=O) groups is 1. The van der Waals surface area contributed by atoms with E-state index in [0.717, 1.165) is 18.0 Å². The van der Waals surface area contributed by atoms with Gasteiger partial charge in [0.2, 0.25) is 5.91 Å². The highest BCUT2D eigenvalue weighted by molar-refractivity contribution is 5.96. The number of nitrogens with zero attached hydrogens (tertiary/aromatic N) is 1. The lowest BCUT2D eigenvalue weighted by atomic mass is 10.0. The van der Waals surface area contributed by atoms with E-state index >= 15 is 0 Å². The van der Waals surface area contributed by atoms with Crippen LogP contribution in [0.1, 0.15) is 13.3 Å². The lowest BCUT2D eigenvalue weighted by Crippen LogP contribution is -2.35. The van der Waals surface area contributed by atoms with Gasteiger partial charge in [-0.05, 0) is 26.1 Å².